The lowest BCUT2D eigenvalue weighted by molar-refractivity contribution is 0.00578. The molecule has 2 heterocycles. The normalized spacial score (nSPS) is 31.0. The molecule has 0 aromatic heterocycles. The first-order valence-electron chi connectivity index (χ1n) is 11.5. The van der Waals surface area contributed by atoms with Gasteiger partial charge in [-0.2, -0.15) is 0 Å². The van der Waals surface area contributed by atoms with Gasteiger partial charge in [0.1, 0.15) is 0 Å². The topological polar surface area (TPSA) is 54.0 Å². The van der Waals surface area contributed by atoms with Crippen LogP contribution >= 0.6 is 0 Å². The molecule has 32 heavy (non-hydrogen) atoms. The summed E-state index contributed by atoms with van der Waals surface area (Å²) in [5.41, 5.74) is 1.79. The molecule has 0 radical (unpaired) electrons. The number of fused-ring (bicyclic) bond motifs is 3. The van der Waals surface area contributed by atoms with Crippen LogP contribution in [-0.2, 0) is 18.6 Å². The van der Waals surface area contributed by atoms with Gasteiger partial charge in [0.25, 0.3) is 0 Å². The maximum absolute atomic E-state index is 13.4. The lowest BCUT2D eigenvalue weighted by Crippen LogP contribution is -2.41. The van der Waals surface area contributed by atoms with Gasteiger partial charge in [0.15, 0.2) is 5.78 Å². The van der Waals surface area contributed by atoms with Crippen molar-refractivity contribution in [3.63, 3.8) is 0 Å². The van der Waals surface area contributed by atoms with Crippen molar-refractivity contribution in [2.24, 2.45) is 0 Å². The Hall–Kier alpha value is -1.66. The zero-order chi connectivity index (χ0) is 23.3. The van der Waals surface area contributed by atoms with Gasteiger partial charge < -0.3 is 18.6 Å². The average Bonchev–Trinajstić information content (AvgIpc) is 3.19. The zero-order valence-corrected chi connectivity index (χ0v) is 20.3. The monoisotopic (exact) mass is 434 g/mol. The number of allylic oxidation sites excluding steroid dienone is 4. The first-order valence-corrected chi connectivity index (χ1v) is 11.5. The molecule has 4 aliphatic rings. The molecule has 0 spiro atoms. The van der Waals surface area contributed by atoms with Gasteiger partial charge in [-0.3, -0.25) is 4.79 Å². The SMILES string of the molecule is CC1(C)OB(c2ccc3c(c2)C(=O)C2=CC(B4OC(C)(C)C(C)(C)O4)C=CC23)OC1(C)C. The Balaban J connectivity index is 1.42. The van der Waals surface area contributed by atoms with Crippen LogP contribution in [0.1, 0.15) is 77.2 Å². The van der Waals surface area contributed by atoms with Crippen LogP contribution in [0, 0.1) is 0 Å². The number of carbonyl (C=O) groups excluding carboxylic acids is 1. The summed E-state index contributed by atoms with van der Waals surface area (Å²) in [4.78, 5) is 13.4. The van der Waals surface area contributed by atoms with E-state index in [1.165, 1.54) is 0 Å². The molecule has 0 saturated carbocycles. The van der Waals surface area contributed by atoms with Crippen molar-refractivity contribution in [2.45, 2.75) is 89.5 Å². The van der Waals surface area contributed by atoms with E-state index in [0.29, 0.717) is 0 Å². The van der Waals surface area contributed by atoms with Crippen molar-refractivity contribution >= 4 is 25.5 Å². The van der Waals surface area contributed by atoms with E-state index in [9.17, 15) is 4.79 Å². The molecule has 2 aliphatic heterocycles. The molecule has 0 amide bonds. The highest BCUT2D eigenvalue weighted by Gasteiger charge is 2.54. The van der Waals surface area contributed by atoms with E-state index in [-0.39, 0.29) is 17.5 Å². The van der Waals surface area contributed by atoms with Crippen LogP contribution < -0.4 is 5.46 Å². The molecular weight excluding hydrogens is 402 g/mol. The van der Waals surface area contributed by atoms with E-state index in [0.717, 1.165) is 22.2 Å². The Morgan fingerprint density at radius 1 is 0.781 bits per heavy atom. The van der Waals surface area contributed by atoms with Crippen LogP contribution in [0.5, 0.6) is 0 Å². The van der Waals surface area contributed by atoms with Crippen molar-refractivity contribution in [3.05, 3.63) is 53.1 Å². The highest BCUT2D eigenvalue weighted by molar-refractivity contribution is 6.62. The second kappa shape index (κ2) is 6.69. The van der Waals surface area contributed by atoms with Crippen LogP contribution in [0.2, 0.25) is 5.82 Å². The summed E-state index contributed by atoms with van der Waals surface area (Å²) in [7, 11) is -0.885. The first kappa shape index (κ1) is 22.1. The Bertz CT molecular complexity index is 1020. The summed E-state index contributed by atoms with van der Waals surface area (Å²) in [6.07, 6.45) is 6.26. The number of rotatable bonds is 2. The van der Waals surface area contributed by atoms with Gasteiger partial charge in [0, 0.05) is 22.9 Å². The minimum atomic E-state index is -0.484. The molecule has 2 aliphatic carbocycles. The molecule has 0 bridgehead atoms. The maximum Gasteiger partial charge on any atom is 0.494 e. The summed E-state index contributed by atoms with van der Waals surface area (Å²) < 4.78 is 24.8. The van der Waals surface area contributed by atoms with Crippen molar-refractivity contribution < 1.29 is 23.4 Å². The molecule has 5 rings (SSSR count). The predicted molar refractivity (Wildman–Crippen MR) is 126 cm³/mol. The number of Topliss-reactive ketones (excluding diaryl/α,β-unsaturated/α-hetero) is 1. The highest BCUT2D eigenvalue weighted by atomic mass is 16.7. The second-order valence-corrected chi connectivity index (χ2v) is 11.5. The Morgan fingerprint density at radius 2 is 1.34 bits per heavy atom. The number of benzene rings is 1. The molecule has 7 heteroatoms. The zero-order valence-electron chi connectivity index (χ0n) is 20.3. The lowest BCUT2D eigenvalue weighted by Gasteiger charge is -2.32. The molecule has 2 unspecified atom stereocenters. The smallest absolute Gasteiger partial charge is 0.403 e. The third-order valence-electron chi connectivity index (χ3n) is 8.26. The van der Waals surface area contributed by atoms with Gasteiger partial charge in [-0.15, -0.1) is 0 Å². The third-order valence-corrected chi connectivity index (χ3v) is 8.26. The van der Waals surface area contributed by atoms with Crippen molar-refractivity contribution in [2.75, 3.05) is 0 Å². The molecule has 1 aromatic rings. The predicted octanol–water partition coefficient (Wildman–Crippen LogP) is 4.22. The number of carbonyl (C=O) groups is 1. The minimum Gasteiger partial charge on any atom is -0.403 e. The van der Waals surface area contributed by atoms with E-state index in [2.05, 4.69) is 12.2 Å². The third kappa shape index (κ3) is 3.12. The summed E-state index contributed by atoms with van der Waals surface area (Å²) in [6, 6.07) is 6.00. The summed E-state index contributed by atoms with van der Waals surface area (Å²) >= 11 is 0. The molecular formula is C25H32B2O5. The number of ketones is 1. The first-order chi connectivity index (χ1) is 14.7. The Kier molecular flexibility index (Phi) is 4.63. The Morgan fingerprint density at radius 3 is 1.94 bits per heavy atom. The van der Waals surface area contributed by atoms with E-state index in [1.54, 1.807) is 0 Å². The quantitative estimate of drug-likeness (QED) is 0.516. The maximum atomic E-state index is 13.4. The van der Waals surface area contributed by atoms with Crippen molar-refractivity contribution in [1.82, 2.24) is 0 Å². The molecule has 0 N–H and O–H groups in total. The molecule has 2 atom stereocenters. The van der Waals surface area contributed by atoms with Gasteiger partial charge in [0.2, 0.25) is 0 Å². The van der Waals surface area contributed by atoms with Gasteiger partial charge >= 0.3 is 14.2 Å². The average molecular weight is 434 g/mol. The van der Waals surface area contributed by atoms with Crippen LogP contribution in [0.4, 0.5) is 0 Å². The standard InChI is InChI=1S/C25H32B2O5/c1-22(2)23(3,4)30-26(29-22)15-9-11-17-18-12-10-16(14-20(18)21(28)19(17)13-15)27-31-24(5,6)25(7,8)32-27/h9-15,17H,1-8H3. The Labute approximate surface area is 191 Å². The van der Waals surface area contributed by atoms with Crippen LogP contribution in [-0.4, -0.2) is 42.4 Å². The number of hydrogen-bond acceptors (Lipinski definition) is 5. The highest BCUT2D eigenvalue weighted by Crippen LogP contribution is 2.47. The van der Waals surface area contributed by atoms with Crippen molar-refractivity contribution in [3.8, 4) is 0 Å². The molecule has 2 fully saturated rings. The van der Waals surface area contributed by atoms with E-state index >= 15 is 0 Å². The van der Waals surface area contributed by atoms with Gasteiger partial charge in [-0.05, 0) is 66.4 Å². The second-order valence-electron chi connectivity index (χ2n) is 11.5. The fraction of sp³-hybridized carbons (Fsp3) is 0.560. The van der Waals surface area contributed by atoms with Crippen LogP contribution in [0.15, 0.2) is 42.0 Å². The summed E-state index contributed by atoms with van der Waals surface area (Å²) in [6.45, 7) is 16.3. The van der Waals surface area contributed by atoms with Crippen molar-refractivity contribution in [1.29, 1.82) is 0 Å². The number of hydrogen-bond donors (Lipinski definition) is 0. The summed E-state index contributed by atoms with van der Waals surface area (Å²) in [5, 5.41) is 0. The van der Waals surface area contributed by atoms with E-state index in [1.807, 2.05) is 79.7 Å². The molecule has 1 aromatic carbocycles. The van der Waals surface area contributed by atoms with Crippen LogP contribution in [0.25, 0.3) is 0 Å². The molecule has 5 nitrogen and oxygen atoms in total. The largest absolute Gasteiger partial charge is 0.494 e. The summed E-state index contributed by atoms with van der Waals surface area (Å²) in [5.74, 6) is -0.0547. The minimum absolute atomic E-state index is 0.0245. The fourth-order valence-corrected chi connectivity index (χ4v) is 4.74. The van der Waals surface area contributed by atoms with Crippen LogP contribution in [0.3, 0.4) is 0 Å². The lowest BCUT2D eigenvalue weighted by atomic mass is 9.67. The van der Waals surface area contributed by atoms with Gasteiger partial charge in [0.05, 0.1) is 22.4 Å². The molecule has 2 saturated heterocycles. The molecule has 168 valence electrons. The van der Waals surface area contributed by atoms with Gasteiger partial charge in [-0.1, -0.05) is 36.4 Å². The van der Waals surface area contributed by atoms with E-state index in [4.69, 9.17) is 18.6 Å². The fourth-order valence-electron chi connectivity index (χ4n) is 4.74. The van der Waals surface area contributed by atoms with E-state index < -0.39 is 36.6 Å². The van der Waals surface area contributed by atoms with Gasteiger partial charge in [-0.25, -0.2) is 0 Å².